The van der Waals surface area contributed by atoms with Crippen molar-refractivity contribution in [3.63, 3.8) is 0 Å². The fraction of sp³-hybridized carbons (Fsp3) is 0.132. The zero-order chi connectivity index (χ0) is 53.4. The fourth-order valence-corrected chi connectivity index (χ4v) is 20.7. The van der Waals surface area contributed by atoms with E-state index in [2.05, 4.69) is 292 Å². The standard InChI is InChI=1S/C76H60N2S/c1-7-8-39-66-50(3)72-51(4)71-49(2)45-46-75(6)73(71)52(5)74(72)78(66)69-42-24-19-36-62(69)63-44-43-57(48-70(63)77-67-40-22-17-34-60(67)61-35-18-23-41-68(61)77)79(75,55-29-13-10-14-30-55)56-31-25-28-54(47-56)76(53-26-11-9-12-27-53)64-37-20-15-32-58(64)59-33-16-21-38-65(59)76/h1,8-49,51-52H,2-6H3/b39-8-. The van der Waals surface area contributed by atoms with E-state index in [0.29, 0.717) is 0 Å². The highest BCUT2D eigenvalue weighted by Gasteiger charge is 2.56. The van der Waals surface area contributed by atoms with Crippen LogP contribution >= 0.6 is 10.0 Å². The van der Waals surface area contributed by atoms with Crippen molar-refractivity contribution in [3.05, 3.63) is 299 Å². The summed E-state index contributed by atoms with van der Waals surface area (Å²) >= 11 is 0. The summed E-state index contributed by atoms with van der Waals surface area (Å²) in [5, 5.41) is 2.47. The van der Waals surface area contributed by atoms with Crippen molar-refractivity contribution in [1.29, 1.82) is 0 Å². The van der Waals surface area contributed by atoms with Gasteiger partial charge in [-0.1, -0.05) is 214 Å². The van der Waals surface area contributed by atoms with Gasteiger partial charge in [-0.2, -0.15) is 0 Å². The smallest absolute Gasteiger partial charge is 0.0713 e. The predicted octanol–water partition coefficient (Wildman–Crippen LogP) is 19.3. The summed E-state index contributed by atoms with van der Waals surface area (Å²) < 4.78 is 4.62. The van der Waals surface area contributed by atoms with Gasteiger partial charge >= 0.3 is 0 Å². The molecule has 5 aliphatic rings. The first kappa shape index (κ1) is 47.4. The number of rotatable bonds is 6. The third-order valence-electron chi connectivity index (χ3n) is 18.8. The molecule has 0 radical (unpaired) electrons. The van der Waals surface area contributed by atoms with Gasteiger partial charge in [0.1, 0.15) is 0 Å². The summed E-state index contributed by atoms with van der Waals surface area (Å²) in [6.07, 6.45) is 15.5. The lowest BCUT2D eigenvalue weighted by atomic mass is 9.66. The second kappa shape index (κ2) is 17.6. The maximum atomic E-state index is 6.15. The van der Waals surface area contributed by atoms with Crippen LogP contribution < -0.4 is 0 Å². The van der Waals surface area contributed by atoms with Crippen molar-refractivity contribution in [2.75, 3.05) is 0 Å². The van der Waals surface area contributed by atoms with Crippen molar-refractivity contribution in [1.82, 2.24) is 9.13 Å². The van der Waals surface area contributed by atoms with E-state index in [9.17, 15) is 0 Å². The highest BCUT2D eigenvalue weighted by atomic mass is 32.3. The average Bonchev–Trinajstić information content (AvgIpc) is 3.11. The van der Waals surface area contributed by atoms with Crippen LogP contribution in [0.4, 0.5) is 0 Å². The van der Waals surface area contributed by atoms with Crippen molar-refractivity contribution >= 4 is 37.9 Å². The Morgan fingerprint density at radius 2 is 1.08 bits per heavy atom. The van der Waals surface area contributed by atoms with E-state index in [1.807, 2.05) is 6.08 Å². The van der Waals surface area contributed by atoms with Crippen LogP contribution in [0.25, 0.3) is 61.5 Å². The zero-order valence-electron chi connectivity index (χ0n) is 45.3. The summed E-state index contributed by atoms with van der Waals surface area (Å²) in [6, 6.07) is 86.0. The Morgan fingerprint density at radius 1 is 0.519 bits per heavy atom. The van der Waals surface area contributed by atoms with E-state index in [1.165, 1.54) is 109 Å². The molecule has 79 heavy (non-hydrogen) atoms. The fourth-order valence-electron chi connectivity index (χ4n) is 15.8. The first-order valence-electron chi connectivity index (χ1n) is 28.0. The van der Waals surface area contributed by atoms with Gasteiger partial charge in [-0.25, -0.2) is 0 Å². The van der Waals surface area contributed by atoms with Crippen molar-refractivity contribution < 1.29 is 0 Å². The molecule has 4 heterocycles. The van der Waals surface area contributed by atoms with Crippen molar-refractivity contribution in [2.45, 2.75) is 71.3 Å². The molecule has 9 aromatic carbocycles. The Labute approximate surface area is 466 Å². The summed E-state index contributed by atoms with van der Waals surface area (Å²) in [5.74, 6) is 3.26. The number of nitrogens with zero attached hydrogens (tertiary/aromatic N) is 2. The lowest BCUT2D eigenvalue weighted by Crippen LogP contribution is -2.41. The van der Waals surface area contributed by atoms with Crippen LogP contribution in [0, 0.1) is 25.2 Å². The molecule has 0 saturated heterocycles. The average molecular weight is 1030 g/mol. The topological polar surface area (TPSA) is 9.86 Å². The van der Waals surface area contributed by atoms with Gasteiger partial charge in [-0.3, -0.25) is 0 Å². The molecule has 2 aliphatic heterocycles. The van der Waals surface area contributed by atoms with Crippen LogP contribution in [-0.2, 0) is 5.41 Å². The minimum absolute atomic E-state index is 0.0228. The largest absolute Gasteiger partial charge is 0.312 e. The summed E-state index contributed by atoms with van der Waals surface area (Å²) in [6.45, 7) is 12.4. The van der Waals surface area contributed by atoms with E-state index < -0.39 is 20.2 Å². The predicted molar refractivity (Wildman–Crippen MR) is 331 cm³/mol. The molecule has 16 rings (SSSR count). The van der Waals surface area contributed by atoms with Crippen molar-refractivity contribution in [2.24, 2.45) is 5.92 Å². The second-order valence-electron chi connectivity index (χ2n) is 22.4. The molecule has 0 N–H and O–H groups in total. The normalized spacial score (nSPS) is 21.9. The number of terminal acetylenes is 1. The molecule has 0 spiro atoms. The SMILES string of the molecule is C#C/C=C\c1c(C)c2c3n1-c1ccccc1-c1ccc(cc1-n1c4ccccc4c4ccccc41)S(c1ccccc1)(c1cccc(C4(c5ccccc5)c5ccccc5-c5ccccc54)c1)C1(C)C=CC(C)C(=C1C3C)C2C. The molecule has 2 nitrogen and oxygen atoms in total. The van der Waals surface area contributed by atoms with Gasteiger partial charge in [0, 0.05) is 54.8 Å². The van der Waals surface area contributed by atoms with Crippen LogP contribution in [0.3, 0.4) is 0 Å². The van der Waals surface area contributed by atoms with Gasteiger partial charge in [-0.05, 0) is 146 Å². The number of para-hydroxylation sites is 3. The number of hydrogen-bond acceptors (Lipinski definition) is 0. The summed E-state index contributed by atoms with van der Waals surface area (Å²) in [5.41, 5.74) is 22.4. The monoisotopic (exact) mass is 1030 g/mol. The maximum absolute atomic E-state index is 6.15. The molecule has 5 atom stereocenters. The molecule has 380 valence electrons. The van der Waals surface area contributed by atoms with E-state index in [-0.39, 0.29) is 17.8 Å². The molecule has 0 fully saturated rings. The molecule has 4 bridgehead atoms. The van der Waals surface area contributed by atoms with Crippen LogP contribution in [-0.4, -0.2) is 13.9 Å². The zero-order valence-corrected chi connectivity index (χ0v) is 46.1. The molecule has 5 unspecified atom stereocenters. The van der Waals surface area contributed by atoms with Crippen LogP contribution in [0.5, 0.6) is 0 Å². The first-order chi connectivity index (χ1) is 38.7. The number of fused-ring (bicyclic) bond motifs is 8. The molecule has 2 aromatic heterocycles. The first-order valence-corrected chi connectivity index (χ1v) is 29.6. The van der Waals surface area contributed by atoms with Gasteiger partial charge in [0.2, 0.25) is 0 Å². The van der Waals surface area contributed by atoms with E-state index in [4.69, 9.17) is 6.42 Å². The van der Waals surface area contributed by atoms with E-state index in [0.717, 1.165) is 17.1 Å². The number of aromatic nitrogens is 2. The Balaban J connectivity index is 1.16. The molecular formula is C76H60N2S. The van der Waals surface area contributed by atoms with E-state index >= 15 is 0 Å². The highest BCUT2D eigenvalue weighted by molar-refractivity contribution is 8.35. The third-order valence-corrected chi connectivity index (χ3v) is 23.3. The van der Waals surface area contributed by atoms with Gasteiger partial charge in [-0.15, -0.1) is 16.5 Å². The van der Waals surface area contributed by atoms with Gasteiger partial charge in [0.25, 0.3) is 0 Å². The van der Waals surface area contributed by atoms with Crippen LogP contribution in [0.1, 0.15) is 84.3 Å². The molecule has 3 heteroatoms. The third kappa shape index (κ3) is 6.21. The summed E-state index contributed by atoms with van der Waals surface area (Å²) in [7, 11) is -2.43. The Hall–Kier alpha value is -8.81. The van der Waals surface area contributed by atoms with Crippen LogP contribution in [0.15, 0.2) is 269 Å². The number of allylic oxidation sites excluding steroid dienone is 3. The van der Waals surface area contributed by atoms with Gasteiger partial charge < -0.3 is 9.13 Å². The van der Waals surface area contributed by atoms with Crippen LogP contribution in [0.2, 0.25) is 0 Å². The molecule has 0 amide bonds. The molecular weight excluding hydrogens is 973 g/mol. The lowest BCUT2D eigenvalue weighted by molar-refractivity contribution is 0.586. The Morgan fingerprint density at radius 3 is 1.76 bits per heavy atom. The van der Waals surface area contributed by atoms with Gasteiger partial charge in [0.15, 0.2) is 0 Å². The van der Waals surface area contributed by atoms with E-state index in [1.54, 1.807) is 0 Å². The summed E-state index contributed by atoms with van der Waals surface area (Å²) in [4.78, 5) is 3.98. The molecule has 3 aliphatic carbocycles. The minimum Gasteiger partial charge on any atom is -0.312 e. The maximum Gasteiger partial charge on any atom is 0.0713 e. The molecule has 11 aromatic rings. The number of benzene rings is 9. The lowest BCUT2D eigenvalue weighted by Gasteiger charge is -2.59. The highest BCUT2D eigenvalue weighted by Crippen LogP contribution is 2.81. The quantitative estimate of drug-likeness (QED) is 0.116. The minimum atomic E-state index is -2.43. The second-order valence-corrected chi connectivity index (χ2v) is 25.9. The number of hydrogen-bond donors (Lipinski definition) is 0. The Kier molecular flexibility index (Phi) is 10.6. The van der Waals surface area contributed by atoms with Gasteiger partial charge in [0.05, 0.1) is 27.8 Å². The Bertz CT molecular complexity index is 4380. The molecule has 0 saturated carbocycles. The van der Waals surface area contributed by atoms with Crippen molar-refractivity contribution in [3.8, 4) is 46.0 Å².